The maximum atomic E-state index is 13.0. The van der Waals surface area contributed by atoms with E-state index >= 15 is 0 Å². The van der Waals surface area contributed by atoms with Crippen LogP contribution in [0.2, 0.25) is 10.0 Å². The molecule has 2 heterocycles. The van der Waals surface area contributed by atoms with Crippen LogP contribution in [0.15, 0.2) is 45.7 Å². The Balaban J connectivity index is 1.61. The molecule has 1 fully saturated rings. The smallest absolute Gasteiger partial charge is 0.260 e. The fraction of sp³-hybridized carbons (Fsp3) is 0.200. The Hall–Kier alpha value is -1.94. The highest BCUT2D eigenvalue weighted by molar-refractivity contribution is 9.10. The molecular formula is C20H15Br2Cl2N5O2. The summed E-state index contributed by atoms with van der Waals surface area (Å²) in [6.45, 7) is 0.597. The minimum absolute atomic E-state index is 0.243. The number of carbonyl (C=O) groups excluding carboxylic acids is 2. The first-order valence-corrected chi connectivity index (χ1v) is 11.6. The maximum absolute atomic E-state index is 13.0. The fourth-order valence-corrected chi connectivity index (χ4v) is 4.45. The summed E-state index contributed by atoms with van der Waals surface area (Å²) in [7, 11) is 0. The number of nitrogens with one attached hydrogen (secondary N) is 2. The Bertz CT molecular complexity index is 1180. The first kappa shape index (κ1) is 22.3. The van der Waals surface area contributed by atoms with Crippen molar-refractivity contribution in [3.63, 3.8) is 0 Å². The lowest BCUT2D eigenvalue weighted by atomic mass is 10.1. The molecule has 4 rings (SSSR count). The molecule has 2 aromatic heterocycles. The van der Waals surface area contributed by atoms with Gasteiger partial charge < -0.3 is 10.6 Å². The van der Waals surface area contributed by atoms with Gasteiger partial charge in [0.2, 0.25) is 0 Å². The highest BCUT2D eigenvalue weighted by atomic mass is 79.9. The SMILES string of the molecule is O=C(Nc1c(Br)cc(Cl)cc1C(=O)NCC1CC1)c1cn(-c2ncccc2Cl)nc1Br. The first-order valence-electron chi connectivity index (χ1n) is 9.28. The Morgan fingerprint density at radius 3 is 2.65 bits per heavy atom. The molecule has 1 aliphatic rings. The summed E-state index contributed by atoms with van der Waals surface area (Å²) in [5.41, 5.74) is 0.829. The van der Waals surface area contributed by atoms with Crippen LogP contribution in [0.5, 0.6) is 0 Å². The van der Waals surface area contributed by atoms with Crippen LogP contribution in [-0.4, -0.2) is 33.1 Å². The van der Waals surface area contributed by atoms with Crippen LogP contribution >= 0.6 is 55.1 Å². The van der Waals surface area contributed by atoms with Crippen LogP contribution < -0.4 is 10.6 Å². The minimum Gasteiger partial charge on any atom is -0.352 e. The van der Waals surface area contributed by atoms with Crippen molar-refractivity contribution >= 4 is 72.6 Å². The summed E-state index contributed by atoms with van der Waals surface area (Å²) < 4.78 is 2.19. The van der Waals surface area contributed by atoms with Gasteiger partial charge in [0.05, 0.1) is 21.8 Å². The summed E-state index contributed by atoms with van der Waals surface area (Å²) in [5.74, 6) is 0.131. The van der Waals surface area contributed by atoms with Crippen LogP contribution in [0.1, 0.15) is 33.6 Å². The van der Waals surface area contributed by atoms with Crippen molar-refractivity contribution in [2.75, 3.05) is 11.9 Å². The van der Waals surface area contributed by atoms with Crippen LogP contribution in [0.4, 0.5) is 5.69 Å². The molecule has 160 valence electrons. The van der Waals surface area contributed by atoms with Crippen LogP contribution in [0.25, 0.3) is 5.82 Å². The molecule has 0 radical (unpaired) electrons. The number of amides is 2. The zero-order valence-electron chi connectivity index (χ0n) is 15.8. The van der Waals surface area contributed by atoms with E-state index in [1.807, 2.05) is 0 Å². The zero-order valence-corrected chi connectivity index (χ0v) is 20.5. The van der Waals surface area contributed by atoms with Gasteiger partial charge in [-0.3, -0.25) is 9.59 Å². The number of aromatic nitrogens is 3. The molecule has 0 spiro atoms. The van der Waals surface area contributed by atoms with Gasteiger partial charge in [0, 0.05) is 28.4 Å². The van der Waals surface area contributed by atoms with Gasteiger partial charge in [-0.25, -0.2) is 9.67 Å². The van der Waals surface area contributed by atoms with Crippen molar-refractivity contribution in [1.82, 2.24) is 20.1 Å². The number of benzene rings is 1. The second-order valence-electron chi connectivity index (χ2n) is 7.00. The van der Waals surface area contributed by atoms with Crippen molar-refractivity contribution in [2.24, 2.45) is 5.92 Å². The number of carbonyl (C=O) groups is 2. The van der Waals surface area contributed by atoms with E-state index < -0.39 is 5.91 Å². The van der Waals surface area contributed by atoms with E-state index in [-0.39, 0.29) is 17.0 Å². The molecule has 0 saturated heterocycles. The van der Waals surface area contributed by atoms with Crippen LogP contribution in [0, 0.1) is 5.92 Å². The molecule has 7 nitrogen and oxygen atoms in total. The summed E-state index contributed by atoms with van der Waals surface area (Å²) >= 11 is 19.0. The molecule has 1 saturated carbocycles. The van der Waals surface area contributed by atoms with E-state index in [1.165, 1.54) is 16.9 Å². The Kier molecular flexibility index (Phi) is 6.66. The van der Waals surface area contributed by atoms with E-state index in [0.29, 0.717) is 43.1 Å². The quantitative estimate of drug-likeness (QED) is 0.399. The normalized spacial score (nSPS) is 13.2. The Labute approximate surface area is 204 Å². The molecule has 3 aromatic rings. The van der Waals surface area contributed by atoms with Crippen molar-refractivity contribution < 1.29 is 9.59 Å². The monoisotopic (exact) mass is 585 g/mol. The van der Waals surface area contributed by atoms with Gasteiger partial charge in [-0.15, -0.1) is 0 Å². The van der Waals surface area contributed by atoms with E-state index in [1.54, 1.807) is 24.4 Å². The summed E-state index contributed by atoms with van der Waals surface area (Å²) in [4.78, 5) is 29.9. The summed E-state index contributed by atoms with van der Waals surface area (Å²) in [5, 5.41) is 10.7. The third-order valence-electron chi connectivity index (χ3n) is 4.66. The van der Waals surface area contributed by atoms with E-state index in [2.05, 4.69) is 52.6 Å². The van der Waals surface area contributed by atoms with Crippen molar-refractivity contribution in [3.05, 3.63) is 66.9 Å². The second-order valence-corrected chi connectivity index (χ2v) is 9.45. The van der Waals surface area contributed by atoms with Crippen molar-refractivity contribution in [3.8, 4) is 5.82 Å². The molecule has 31 heavy (non-hydrogen) atoms. The molecule has 0 bridgehead atoms. The van der Waals surface area contributed by atoms with Gasteiger partial charge in [-0.1, -0.05) is 23.2 Å². The lowest BCUT2D eigenvalue weighted by Crippen LogP contribution is -2.27. The molecule has 0 unspecified atom stereocenters. The largest absolute Gasteiger partial charge is 0.352 e. The average Bonchev–Trinajstić information content (AvgIpc) is 3.48. The predicted molar refractivity (Wildman–Crippen MR) is 126 cm³/mol. The highest BCUT2D eigenvalue weighted by Gasteiger charge is 2.25. The van der Waals surface area contributed by atoms with Crippen LogP contribution in [-0.2, 0) is 0 Å². The van der Waals surface area contributed by atoms with Crippen molar-refractivity contribution in [2.45, 2.75) is 12.8 Å². The number of nitrogens with zero attached hydrogens (tertiary/aromatic N) is 3. The van der Waals surface area contributed by atoms with Gasteiger partial charge in [0.1, 0.15) is 4.60 Å². The number of pyridine rings is 1. The van der Waals surface area contributed by atoms with E-state index in [0.717, 1.165) is 12.8 Å². The van der Waals surface area contributed by atoms with Gasteiger partial charge in [0.15, 0.2) is 5.82 Å². The lowest BCUT2D eigenvalue weighted by molar-refractivity contribution is 0.0952. The lowest BCUT2D eigenvalue weighted by Gasteiger charge is -2.14. The standard InChI is InChI=1S/C20H15Br2Cl2N5O2/c21-14-7-11(23)6-12(19(30)26-8-10-3-4-10)16(14)27-20(31)13-9-29(28-17(13)22)18-15(24)2-1-5-25-18/h1-2,5-7,9-10H,3-4,8H2,(H,26,30)(H,27,31). The average molecular weight is 588 g/mol. The Morgan fingerprint density at radius 2 is 1.94 bits per heavy atom. The van der Waals surface area contributed by atoms with E-state index in [9.17, 15) is 9.59 Å². The van der Waals surface area contributed by atoms with Gasteiger partial charge in [0.25, 0.3) is 11.8 Å². The fourth-order valence-electron chi connectivity index (χ4n) is 2.87. The van der Waals surface area contributed by atoms with Gasteiger partial charge >= 0.3 is 0 Å². The van der Waals surface area contributed by atoms with Crippen LogP contribution in [0.3, 0.4) is 0 Å². The Morgan fingerprint density at radius 1 is 1.16 bits per heavy atom. The summed E-state index contributed by atoms with van der Waals surface area (Å²) in [6.07, 6.45) is 5.31. The predicted octanol–water partition coefficient (Wildman–Crippen LogP) is 5.49. The molecule has 0 aliphatic heterocycles. The van der Waals surface area contributed by atoms with Gasteiger partial charge in [-0.05, 0) is 74.9 Å². The third-order valence-corrected chi connectivity index (χ3v) is 6.38. The topological polar surface area (TPSA) is 88.9 Å². The molecule has 11 heteroatoms. The number of rotatable bonds is 6. The molecule has 1 aromatic carbocycles. The zero-order chi connectivity index (χ0) is 22.1. The third kappa shape index (κ3) is 5.11. The number of hydrogen-bond donors (Lipinski definition) is 2. The molecule has 0 atom stereocenters. The maximum Gasteiger partial charge on any atom is 0.260 e. The minimum atomic E-state index is -0.468. The molecule has 2 N–H and O–H groups in total. The molecule has 2 amide bonds. The van der Waals surface area contributed by atoms with Crippen molar-refractivity contribution in [1.29, 1.82) is 0 Å². The summed E-state index contributed by atoms with van der Waals surface area (Å²) in [6, 6.07) is 6.51. The highest BCUT2D eigenvalue weighted by Crippen LogP contribution is 2.32. The number of halogens is 4. The first-order chi connectivity index (χ1) is 14.8. The number of anilines is 1. The van der Waals surface area contributed by atoms with E-state index in [4.69, 9.17) is 23.2 Å². The molecular weight excluding hydrogens is 573 g/mol. The van der Waals surface area contributed by atoms with Gasteiger partial charge in [-0.2, -0.15) is 5.10 Å². The molecule has 1 aliphatic carbocycles. The number of hydrogen-bond acceptors (Lipinski definition) is 4. The second kappa shape index (κ2) is 9.28.